The highest BCUT2D eigenvalue weighted by molar-refractivity contribution is 7.19. The molecule has 4 fully saturated rings. The molecule has 11 aromatic rings. The van der Waals surface area contributed by atoms with Crippen molar-refractivity contribution in [2.24, 2.45) is 0 Å². The number of nitrogens with zero attached hydrogens (tertiary/aromatic N) is 10. The molecule has 0 radical (unpaired) electrons. The zero-order valence-corrected chi connectivity index (χ0v) is 69.2. The van der Waals surface area contributed by atoms with Crippen LogP contribution in [0.4, 0.5) is 52.2 Å². The summed E-state index contributed by atoms with van der Waals surface area (Å²) in [5, 5.41) is 31.1. The van der Waals surface area contributed by atoms with E-state index in [9.17, 15) is 33.6 Å². The predicted octanol–water partition coefficient (Wildman–Crippen LogP) is 17.1. The number of benzene rings is 9. The van der Waals surface area contributed by atoms with Crippen LogP contribution in [0.15, 0.2) is 249 Å². The number of piperidine rings is 4. The number of ether oxygens (including phenoxy) is 3. The van der Waals surface area contributed by atoms with E-state index in [4.69, 9.17) is 14.2 Å². The highest BCUT2D eigenvalue weighted by Crippen LogP contribution is 2.50. The van der Waals surface area contributed by atoms with Gasteiger partial charge in [0.25, 0.3) is 0 Å². The van der Waals surface area contributed by atoms with Gasteiger partial charge in [-0.1, -0.05) is 235 Å². The van der Waals surface area contributed by atoms with Crippen molar-refractivity contribution in [3.8, 4) is 26.9 Å². The van der Waals surface area contributed by atoms with Gasteiger partial charge < -0.3 is 54.2 Å². The largest absolute Gasteiger partial charge is 0.445 e. The van der Waals surface area contributed by atoms with Gasteiger partial charge in [-0.25, -0.2) is 19.2 Å². The summed E-state index contributed by atoms with van der Waals surface area (Å²) in [6.45, 7) is 14.9. The van der Waals surface area contributed by atoms with Crippen molar-refractivity contribution in [2.45, 2.75) is 107 Å². The maximum absolute atomic E-state index is 12.8. The Labute approximate surface area is 706 Å². The van der Waals surface area contributed by atoms with Gasteiger partial charge in [0.1, 0.15) is 29.0 Å². The monoisotopic (exact) mass is 1650 g/mol. The van der Waals surface area contributed by atoms with Gasteiger partial charge in [0.2, 0.25) is 28.0 Å². The van der Waals surface area contributed by atoms with Crippen molar-refractivity contribution in [1.82, 2.24) is 40.4 Å². The molecule has 19 rings (SSSR count). The van der Waals surface area contributed by atoms with Crippen molar-refractivity contribution >= 4 is 97.7 Å². The molecule has 0 bridgehead atoms. The molecule has 8 aliphatic rings. The van der Waals surface area contributed by atoms with E-state index >= 15 is 0 Å². The smallest absolute Gasteiger partial charge is 0.418 e. The average molecular weight is 1650 g/mol. The van der Waals surface area contributed by atoms with Crippen molar-refractivity contribution in [2.75, 3.05) is 109 Å². The Kier molecular flexibility index (Phi) is 25.8. The molecule has 616 valence electrons. The highest BCUT2D eigenvalue weighted by atomic mass is 32.1. The first kappa shape index (κ1) is 82.5. The molecule has 0 atom stereocenters. The quantitative estimate of drug-likeness (QED) is 0.105. The van der Waals surface area contributed by atoms with E-state index in [0.717, 1.165) is 140 Å². The van der Waals surface area contributed by atoms with Gasteiger partial charge in [-0.2, -0.15) is 0 Å². The Bertz CT molecular complexity index is 5380. The van der Waals surface area contributed by atoms with E-state index in [2.05, 4.69) is 96.3 Å². The lowest BCUT2D eigenvalue weighted by atomic mass is 9.74. The lowest BCUT2D eigenvalue weighted by Crippen LogP contribution is -2.48. The van der Waals surface area contributed by atoms with Crippen molar-refractivity contribution in [1.29, 1.82) is 0 Å². The number of fused-ring (bicyclic) bond motifs is 8. The second-order valence-corrected chi connectivity index (χ2v) is 33.4. The van der Waals surface area contributed by atoms with Crippen molar-refractivity contribution in [3.05, 3.63) is 282 Å². The summed E-state index contributed by atoms with van der Waals surface area (Å²) in [5.74, 6) is 0.773. The summed E-state index contributed by atoms with van der Waals surface area (Å²) in [6, 6.07) is 80.9. The Morgan fingerprint density at radius 1 is 0.383 bits per heavy atom. The Morgan fingerprint density at radius 2 is 0.733 bits per heavy atom. The molecule has 9 aromatic carbocycles. The number of nitrogens with one attached hydrogen (secondary N) is 4. The third kappa shape index (κ3) is 18.9. The van der Waals surface area contributed by atoms with Gasteiger partial charge in [-0.3, -0.25) is 25.0 Å². The molecular weight excluding hydrogens is 1550 g/mol. The number of hydrogen-bond donors (Lipinski definition) is 4. The van der Waals surface area contributed by atoms with Gasteiger partial charge in [-0.05, 0) is 134 Å². The molecule has 0 saturated carbocycles. The van der Waals surface area contributed by atoms with Crippen LogP contribution in [0.3, 0.4) is 0 Å². The lowest BCUT2D eigenvalue weighted by molar-refractivity contribution is -0.117. The zero-order valence-electron chi connectivity index (χ0n) is 67.6. The molecule has 26 heteroatoms. The van der Waals surface area contributed by atoms with Crippen LogP contribution >= 0.6 is 22.7 Å². The third-order valence-electron chi connectivity index (χ3n) is 24.1. The molecule has 0 aliphatic carbocycles. The summed E-state index contributed by atoms with van der Waals surface area (Å²) in [7, 11) is 0. The van der Waals surface area contributed by atoms with Crippen LogP contribution < -0.4 is 40.7 Å². The first-order valence-electron chi connectivity index (χ1n) is 40.9. The Balaban J connectivity index is 0.000000118. The molecule has 8 amide bonds. The maximum Gasteiger partial charge on any atom is 0.418 e. The molecule has 4 spiro atoms. The average Bonchev–Trinajstić information content (AvgIpc) is 1.60. The fraction of sp³-hybridized carbons (Fsp3) is 0.309. The van der Waals surface area contributed by atoms with Crippen molar-refractivity contribution < 1.29 is 47.8 Å². The summed E-state index contributed by atoms with van der Waals surface area (Å²) in [6.07, 6.45) is 6.52. The number of carbonyl (C=O) groups excluding carboxylic acids is 7. The van der Waals surface area contributed by atoms with Gasteiger partial charge in [-0.15, -0.1) is 20.4 Å². The minimum atomic E-state index is -0.586. The van der Waals surface area contributed by atoms with Gasteiger partial charge in [0.15, 0.2) is 0 Å². The van der Waals surface area contributed by atoms with E-state index in [1.807, 2.05) is 194 Å². The van der Waals surface area contributed by atoms with Crippen molar-refractivity contribution in [3.63, 3.8) is 0 Å². The molecule has 10 heterocycles. The molecule has 2 aromatic heterocycles. The number of amides is 8. The second kappa shape index (κ2) is 37.5. The van der Waals surface area contributed by atoms with Crippen LogP contribution in [0.25, 0.3) is 21.1 Å². The first-order valence-corrected chi connectivity index (χ1v) is 42.5. The summed E-state index contributed by atoms with van der Waals surface area (Å²) in [5.41, 5.74) is 13.8. The summed E-state index contributed by atoms with van der Waals surface area (Å²) >= 11 is 2.66. The predicted molar refractivity (Wildman–Crippen MR) is 469 cm³/mol. The Morgan fingerprint density at radius 3 is 1.16 bits per heavy atom. The van der Waals surface area contributed by atoms with Crippen LogP contribution in [0.2, 0.25) is 0 Å². The van der Waals surface area contributed by atoms with Gasteiger partial charge >= 0.3 is 24.3 Å². The van der Waals surface area contributed by atoms with Crippen LogP contribution in [0.1, 0.15) is 106 Å². The minimum absolute atomic E-state index is 0.0571. The third-order valence-corrected chi connectivity index (χ3v) is 25.9. The Hall–Kier alpha value is -12.7. The van der Waals surface area contributed by atoms with Gasteiger partial charge in [0, 0.05) is 142 Å². The first-order chi connectivity index (χ1) is 58.5. The van der Waals surface area contributed by atoms with Crippen LogP contribution in [0.5, 0.6) is 5.75 Å². The summed E-state index contributed by atoms with van der Waals surface area (Å²) in [4.78, 5) is 96.4. The number of rotatable bonds is 9. The van der Waals surface area contributed by atoms with Crippen LogP contribution in [0, 0.1) is 0 Å². The number of likely N-dealkylation sites (tertiary alicyclic amines) is 3. The molecule has 0 unspecified atom stereocenters. The molecule has 4 N–H and O–H groups in total. The topological polar surface area (TPSA) is 266 Å². The molecule has 120 heavy (non-hydrogen) atoms. The van der Waals surface area contributed by atoms with E-state index in [0.29, 0.717) is 68.5 Å². The number of anilines is 6. The summed E-state index contributed by atoms with van der Waals surface area (Å²) < 4.78 is 16.1. The molecule has 24 nitrogen and oxygen atoms in total. The van der Waals surface area contributed by atoms with Crippen LogP contribution in [-0.2, 0) is 58.7 Å². The number of aromatic nitrogens is 4. The van der Waals surface area contributed by atoms with E-state index in [1.165, 1.54) is 50.6 Å². The molecule has 8 aliphatic heterocycles. The molecular formula is C94H98N14O10S2. The minimum Gasteiger partial charge on any atom is -0.445 e. The van der Waals surface area contributed by atoms with E-state index in [-0.39, 0.29) is 57.6 Å². The number of urea groups is 1. The zero-order chi connectivity index (χ0) is 83.1. The normalized spacial score (nSPS) is 16.8. The standard InChI is InChI=1S/C23H23N5O2S.C22H24N2O3.C20H22N2O2.C15H11N3O2S.C14H18N2O/c1-16(29)28-15-23(18-9-5-6-10-19(18)28)11-13-27(14-12-23)22(30)24-21-26-25-20(31-21)17-7-3-2-4-8-17;1-17(25)24-16-22(19-9-5-6-10-20(19)24)11-13-23(14-12-22)21(26)27-15-18-7-3-2-4-8-18;23-19(24-14-16-6-2-1-3-7-16)22-12-10-20(11-13-22)15-21-18-9-5-4-8-17(18)20;19-15(20-12-9-5-2-6-10-12)16-14-18-17-13(21-14)11-7-3-1-4-8-11;1-11(17)16-10-14(6-8-15-9-7-14)12-4-2-3-5-13(12)16/h2-10H,11-15H2,1H3,(H,24,26,30);2-10H,11-16H2,1H3;1-9,21H,10-15H2;1-10H,(H,16,18,19);2-5,15H,6-10H2,1H3. The molecule has 4 saturated heterocycles. The van der Waals surface area contributed by atoms with Crippen LogP contribution in [-0.4, -0.2) is 156 Å². The fourth-order valence-corrected chi connectivity index (χ4v) is 19.1. The van der Waals surface area contributed by atoms with Gasteiger partial charge in [0.05, 0.1) is 0 Å². The number of para-hydroxylation sites is 5. The number of hydrogen-bond acceptors (Lipinski definition) is 18. The highest BCUT2D eigenvalue weighted by Gasteiger charge is 2.49. The fourth-order valence-electron chi connectivity index (χ4n) is 17.6. The SMILES string of the molecule is CC(=O)N1CC2(CCN(C(=O)Nc3nnc(-c4ccccc4)s3)CC2)c2ccccc21.CC(=O)N1CC2(CCN(C(=O)OCc3ccccc3)CC2)c2ccccc21.CC(=O)N1CC2(CCNCC2)c2ccccc21.O=C(Nc1nnc(-c2ccccc2)s1)Oc1ccccc1.O=C(OCc1ccccc1)N1CCC2(CC1)CNc1ccccc12. The van der Waals surface area contributed by atoms with E-state index in [1.54, 1.807) is 49.9 Å². The van der Waals surface area contributed by atoms with E-state index < -0.39 is 6.09 Å². The second-order valence-electron chi connectivity index (χ2n) is 31.5. The maximum atomic E-state index is 12.8. The lowest BCUT2D eigenvalue weighted by Gasteiger charge is -2.39. The number of carbonyl (C=O) groups is 7.